The molecule has 4 heteroatoms. The Hall–Kier alpha value is -1.81. The Labute approximate surface area is 116 Å². The maximum absolute atomic E-state index is 12.6. The van der Waals surface area contributed by atoms with Gasteiger partial charge in [-0.15, -0.1) is 11.3 Å². The summed E-state index contributed by atoms with van der Waals surface area (Å²) >= 11 is 1.49. The van der Waals surface area contributed by atoms with Crippen molar-refractivity contribution in [2.75, 3.05) is 16.8 Å². The highest BCUT2D eigenvalue weighted by atomic mass is 32.1. The third-order valence-electron chi connectivity index (χ3n) is 3.20. The SMILES string of the molecule is CC1(C)CN(C(=O)c2cccs2)c2ccccc2N1. The normalized spacial score (nSPS) is 16.6. The molecule has 0 atom stereocenters. The van der Waals surface area contributed by atoms with Gasteiger partial charge < -0.3 is 10.2 Å². The van der Waals surface area contributed by atoms with Crippen molar-refractivity contribution in [1.29, 1.82) is 0 Å². The number of para-hydroxylation sites is 2. The number of amides is 1. The zero-order valence-corrected chi connectivity index (χ0v) is 11.8. The van der Waals surface area contributed by atoms with Crippen LogP contribution in [0.1, 0.15) is 23.5 Å². The lowest BCUT2D eigenvalue weighted by Gasteiger charge is -2.40. The minimum absolute atomic E-state index is 0.0806. The Morgan fingerprint density at radius 3 is 2.79 bits per heavy atom. The average Bonchev–Trinajstić information content (AvgIpc) is 2.89. The van der Waals surface area contributed by atoms with Crippen molar-refractivity contribution in [3.8, 4) is 0 Å². The average molecular weight is 272 g/mol. The van der Waals surface area contributed by atoms with Gasteiger partial charge in [-0.05, 0) is 37.4 Å². The predicted molar refractivity (Wildman–Crippen MR) is 80.1 cm³/mol. The number of fused-ring (bicyclic) bond motifs is 1. The summed E-state index contributed by atoms with van der Waals surface area (Å²) in [4.78, 5) is 15.3. The topological polar surface area (TPSA) is 32.3 Å². The van der Waals surface area contributed by atoms with Crippen molar-refractivity contribution in [1.82, 2.24) is 0 Å². The van der Waals surface area contributed by atoms with Gasteiger partial charge in [0.15, 0.2) is 0 Å². The molecule has 1 aromatic carbocycles. The first kappa shape index (κ1) is 12.2. The lowest BCUT2D eigenvalue weighted by molar-refractivity contribution is 0.0985. The van der Waals surface area contributed by atoms with Crippen molar-refractivity contribution in [3.63, 3.8) is 0 Å². The van der Waals surface area contributed by atoms with Gasteiger partial charge in [-0.25, -0.2) is 0 Å². The maximum atomic E-state index is 12.6. The van der Waals surface area contributed by atoms with Crippen LogP contribution in [0.25, 0.3) is 0 Å². The van der Waals surface area contributed by atoms with Gasteiger partial charge in [0.05, 0.1) is 16.3 Å². The molecular formula is C15H16N2OS. The molecule has 0 radical (unpaired) electrons. The standard InChI is InChI=1S/C15H16N2OS/c1-15(2)10-17(14(18)13-8-5-9-19-13)12-7-4-3-6-11(12)16-15/h3-9,16H,10H2,1-2H3. The van der Waals surface area contributed by atoms with Crippen LogP contribution in [0.3, 0.4) is 0 Å². The number of thiophene rings is 1. The molecule has 2 heterocycles. The number of hydrogen-bond donors (Lipinski definition) is 1. The smallest absolute Gasteiger partial charge is 0.268 e. The van der Waals surface area contributed by atoms with Crippen molar-refractivity contribution >= 4 is 28.6 Å². The van der Waals surface area contributed by atoms with Crippen molar-refractivity contribution in [3.05, 3.63) is 46.7 Å². The quantitative estimate of drug-likeness (QED) is 0.860. The van der Waals surface area contributed by atoms with Crippen LogP contribution >= 0.6 is 11.3 Å². The van der Waals surface area contributed by atoms with Gasteiger partial charge in [0.1, 0.15) is 0 Å². The molecule has 19 heavy (non-hydrogen) atoms. The van der Waals surface area contributed by atoms with Gasteiger partial charge in [-0.1, -0.05) is 18.2 Å². The molecule has 1 amide bonds. The van der Waals surface area contributed by atoms with E-state index in [1.54, 1.807) is 0 Å². The van der Waals surface area contributed by atoms with E-state index >= 15 is 0 Å². The Morgan fingerprint density at radius 1 is 1.26 bits per heavy atom. The number of hydrogen-bond acceptors (Lipinski definition) is 3. The number of nitrogens with one attached hydrogen (secondary N) is 1. The van der Waals surface area contributed by atoms with Crippen molar-refractivity contribution < 1.29 is 4.79 Å². The molecule has 0 saturated heterocycles. The van der Waals surface area contributed by atoms with E-state index in [1.807, 2.05) is 46.7 Å². The van der Waals surface area contributed by atoms with Crippen LogP contribution in [0.2, 0.25) is 0 Å². The Kier molecular flexibility index (Phi) is 2.82. The highest BCUT2D eigenvalue weighted by Gasteiger charge is 2.33. The summed E-state index contributed by atoms with van der Waals surface area (Å²) in [6, 6.07) is 11.8. The van der Waals surface area contributed by atoms with Crippen LogP contribution in [-0.4, -0.2) is 18.0 Å². The maximum Gasteiger partial charge on any atom is 0.268 e. The molecule has 1 aliphatic heterocycles. The highest BCUT2D eigenvalue weighted by molar-refractivity contribution is 7.12. The first-order valence-electron chi connectivity index (χ1n) is 6.29. The largest absolute Gasteiger partial charge is 0.377 e. The summed E-state index contributed by atoms with van der Waals surface area (Å²) in [5.41, 5.74) is 1.85. The lowest BCUT2D eigenvalue weighted by Crippen LogP contribution is -2.50. The molecule has 0 fully saturated rings. The molecule has 1 aliphatic rings. The summed E-state index contributed by atoms with van der Waals surface area (Å²) in [5.74, 6) is 0.0806. The van der Waals surface area contributed by atoms with Crippen LogP contribution in [0.15, 0.2) is 41.8 Å². The molecule has 0 spiro atoms. The van der Waals surface area contributed by atoms with Gasteiger partial charge >= 0.3 is 0 Å². The van der Waals surface area contributed by atoms with Gasteiger partial charge in [0.25, 0.3) is 5.91 Å². The summed E-state index contributed by atoms with van der Waals surface area (Å²) in [6.45, 7) is 4.88. The van der Waals surface area contributed by atoms with Crippen molar-refractivity contribution in [2.24, 2.45) is 0 Å². The predicted octanol–water partition coefficient (Wildman–Crippen LogP) is 3.60. The summed E-state index contributed by atoms with van der Waals surface area (Å²) in [5, 5.41) is 5.41. The number of rotatable bonds is 1. The minimum atomic E-state index is -0.124. The fourth-order valence-electron chi connectivity index (χ4n) is 2.41. The zero-order valence-electron chi connectivity index (χ0n) is 11.0. The third kappa shape index (κ3) is 2.24. The highest BCUT2D eigenvalue weighted by Crippen LogP contribution is 2.35. The molecule has 1 N–H and O–H groups in total. The fourth-order valence-corrected chi connectivity index (χ4v) is 3.09. The number of carbonyl (C=O) groups excluding carboxylic acids is 1. The van der Waals surface area contributed by atoms with E-state index in [-0.39, 0.29) is 11.4 Å². The molecule has 0 saturated carbocycles. The molecule has 3 rings (SSSR count). The van der Waals surface area contributed by atoms with Gasteiger partial charge in [0.2, 0.25) is 0 Å². The Bertz CT molecular complexity index is 604. The first-order valence-corrected chi connectivity index (χ1v) is 7.17. The third-order valence-corrected chi connectivity index (χ3v) is 4.06. The second-order valence-electron chi connectivity index (χ2n) is 5.39. The first-order chi connectivity index (χ1) is 9.07. The lowest BCUT2D eigenvalue weighted by atomic mass is 9.99. The second kappa shape index (κ2) is 4.38. The number of carbonyl (C=O) groups is 1. The number of nitrogens with zero attached hydrogens (tertiary/aromatic N) is 1. The summed E-state index contributed by atoms with van der Waals surface area (Å²) in [6.07, 6.45) is 0. The minimum Gasteiger partial charge on any atom is -0.377 e. The van der Waals surface area contributed by atoms with E-state index in [9.17, 15) is 4.79 Å². The van der Waals surface area contributed by atoms with E-state index in [2.05, 4.69) is 19.2 Å². The molecule has 2 aromatic rings. The second-order valence-corrected chi connectivity index (χ2v) is 6.34. The van der Waals surface area contributed by atoms with Crippen LogP contribution in [0.5, 0.6) is 0 Å². The van der Waals surface area contributed by atoms with E-state index in [0.717, 1.165) is 16.3 Å². The Balaban J connectivity index is 2.04. The molecule has 1 aromatic heterocycles. The fraction of sp³-hybridized carbons (Fsp3) is 0.267. The molecule has 0 bridgehead atoms. The van der Waals surface area contributed by atoms with Crippen LogP contribution in [-0.2, 0) is 0 Å². The van der Waals surface area contributed by atoms with Gasteiger partial charge in [0, 0.05) is 12.1 Å². The molecule has 3 nitrogen and oxygen atoms in total. The van der Waals surface area contributed by atoms with Crippen LogP contribution < -0.4 is 10.2 Å². The van der Waals surface area contributed by atoms with E-state index in [0.29, 0.717) is 6.54 Å². The number of benzene rings is 1. The monoisotopic (exact) mass is 272 g/mol. The molecular weight excluding hydrogens is 256 g/mol. The molecule has 0 aliphatic carbocycles. The van der Waals surface area contributed by atoms with E-state index in [1.165, 1.54) is 11.3 Å². The zero-order chi connectivity index (χ0) is 13.5. The van der Waals surface area contributed by atoms with E-state index < -0.39 is 0 Å². The van der Waals surface area contributed by atoms with Gasteiger partial charge in [-0.2, -0.15) is 0 Å². The molecule has 0 unspecified atom stereocenters. The summed E-state index contributed by atoms with van der Waals surface area (Å²) < 4.78 is 0. The van der Waals surface area contributed by atoms with Crippen molar-refractivity contribution in [2.45, 2.75) is 19.4 Å². The van der Waals surface area contributed by atoms with Gasteiger partial charge in [-0.3, -0.25) is 4.79 Å². The van der Waals surface area contributed by atoms with E-state index in [4.69, 9.17) is 0 Å². The summed E-state index contributed by atoms with van der Waals surface area (Å²) in [7, 11) is 0. The molecule has 98 valence electrons. The van der Waals surface area contributed by atoms with Crippen LogP contribution in [0.4, 0.5) is 11.4 Å². The van der Waals surface area contributed by atoms with Crippen LogP contribution in [0, 0.1) is 0 Å². The number of anilines is 2. The Morgan fingerprint density at radius 2 is 2.05 bits per heavy atom.